The van der Waals surface area contributed by atoms with Crippen molar-refractivity contribution >= 4 is 5.91 Å². The van der Waals surface area contributed by atoms with Gasteiger partial charge in [-0.3, -0.25) is 4.79 Å². The maximum absolute atomic E-state index is 12.3. The Morgan fingerprint density at radius 1 is 1.45 bits per heavy atom. The van der Waals surface area contributed by atoms with E-state index in [1.165, 1.54) is 0 Å². The van der Waals surface area contributed by atoms with Crippen molar-refractivity contribution in [1.29, 1.82) is 0 Å². The highest BCUT2D eigenvalue weighted by Crippen LogP contribution is 2.36. The highest BCUT2D eigenvalue weighted by atomic mass is 16.6. The van der Waals surface area contributed by atoms with Gasteiger partial charge in [0.25, 0.3) is 5.91 Å². The summed E-state index contributed by atoms with van der Waals surface area (Å²) in [6.07, 6.45) is 1.90. The van der Waals surface area contributed by atoms with Crippen molar-refractivity contribution in [3.63, 3.8) is 0 Å². The number of carbonyl (C=O) groups is 1. The minimum atomic E-state index is -0.209. The average Bonchev–Trinajstić information content (AvgIpc) is 3.13. The molecule has 0 N–H and O–H groups in total. The van der Waals surface area contributed by atoms with E-state index in [-0.39, 0.29) is 24.2 Å². The number of aryl methyl sites for hydroxylation is 1. The Kier molecular flexibility index (Phi) is 4.36. The van der Waals surface area contributed by atoms with E-state index in [4.69, 9.17) is 14.2 Å². The molecule has 0 aliphatic carbocycles. The maximum atomic E-state index is 12.3. The summed E-state index contributed by atoms with van der Waals surface area (Å²) in [5.74, 6) is 0.783. The summed E-state index contributed by atoms with van der Waals surface area (Å²) >= 11 is 0. The molecule has 5 nitrogen and oxygen atoms in total. The quantitative estimate of drug-likeness (QED) is 0.851. The van der Waals surface area contributed by atoms with E-state index >= 15 is 0 Å². The van der Waals surface area contributed by atoms with Crippen molar-refractivity contribution in [3.8, 4) is 5.75 Å². The largest absolute Gasteiger partial charge is 0.484 e. The second-order valence-electron chi connectivity index (χ2n) is 6.18. The summed E-state index contributed by atoms with van der Waals surface area (Å²) in [5.41, 5.74) is 0.828. The number of likely N-dealkylation sites (tertiary alicyclic amines) is 1. The van der Waals surface area contributed by atoms with Crippen molar-refractivity contribution in [2.24, 2.45) is 0 Å². The Bertz CT molecular complexity index is 547. The first-order valence-corrected chi connectivity index (χ1v) is 7.75. The summed E-state index contributed by atoms with van der Waals surface area (Å²) in [6, 6.07) is 7.73. The first-order valence-electron chi connectivity index (χ1n) is 7.75. The van der Waals surface area contributed by atoms with Gasteiger partial charge < -0.3 is 19.1 Å². The molecule has 0 radical (unpaired) electrons. The van der Waals surface area contributed by atoms with Gasteiger partial charge in [0.1, 0.15) is 5.75 Å². The van der Waals surface area contributed by atoms with E-state index in [0.717, 1.165) is 30.7 Å². The Balaban J connectivity index is 1.53. The normalized spacial score (nSPS) is 27.5. The zero-order chi connectivity index (χ0) is 15.6. The third-order valence-corrected chi connectivity index (χ3v) is 4.62. The van der Waals surface area contributed by atoms with Crippen LogP contribution >= 0.6 is 0 Å². The van der Waals surface area contributed by atoms with Crippen LogP contribution in [0.5, 0.6) is 5.75 Å². The molecule has 1 aromatic carbocycles. The summed E-state index contributed by atoms with van der Waals surface area (Å²) in [5, 5.41) is 0. The fraction of sp³-hybridized carbons (Fsp3) is 0.588. The number of amides is 1. The Morgan fingerprint density at radius 2 is 2.27 bits per heavy atom. The molecule has 1 amide bonds. The molecule has 22 heavy (non-hydrogen) atoms. The third kappa shape index (κ3) is 3.10. The fourth-order valence-corrected chi connectivity index (χ4v) is 3.24. The summed E-state index contributed by atoms with van der Waals surface area (Å²) in [4.78, 5) is 14.2. The van der Waals surface area contributed by atoms with Gasteiger partial charge in [-0.25, -0.2) is 0 Å². The van der Waals surface area contributed by atoms with Crippen molar-refractivity contribution in [2.45, 2.75) is 31.5 Å². The van der Waals surface area contributed by atoms with E-state index < -0.39 is 0 Å². The number of benzene rings is 1. The molecule has 2 atom stereocenters. The molecule has 2 heterocycles. The van der Waals surface area contributed by atoms with Crippen LogP contribution < -0.4 is 4.74 Å². The number of methoxy groups -OCH3 is 1. The number of ether oxygens (including phenoxy) is 3. The van der Waals surface area contributed by atoms with Crippen molar-refractivity contribution in [1.82, 2.24) is 4.90 Å². The lowest BCUT2D eigenvalue weighted by Gasteiger charge is -2.23. The Hall–Kier alpha value is -1.59. The Morgan fingerprint density at radius 3 is 3.00 bits per heavy atom. The molecular formula is C17H23NO4. The molecular weight excluding hydrogens is 282 g/mol. The minimum Gasteiger partial charge on any atom is -0.484 e. The van der Waals surface area contributed by atoms with Crippen LogP contribution in [0, 0.1) is 6.92 Å². The number of nitrogens with zero attached hydrogens (tertiary/aromatic N) is 1. The minimum absolute atomic E-state index is 0.0181. The van der Waals surface area contributed by atoms with Crippen LogP contribution in [0.1, 0.15) is 18.4 Å². The molecule has 0 aromatic heterocycles. The molecule has 1 aromatic rings. The van der Waals surface area contributed by atoms with Crippen LogP contribution in [-0.4, -0.2) is 55.9 Å². The summed E-state index contributed by atoms with van der Waals surface area (Å²) < 4.78 is 16.9. The van der Waals surface area contributed by atoms with Crippen LogP contribution in [0.15, 0.2) is 24.3 Å². The molecule has 1 spiro atoms. The van der Waals surface area contributed by atoms with Crippen LogP contribution in [-0.2, 0) is 14.3 Å². The Labute approximate surface area is 131 Å². The predicted molar refractivity (Wildman–Crippen MR) is 82.0 cm³/mol. The maximum Gasteiger partial charge on any atom is 0.260 e. The van der Waals surface area contributed by atoms with Gasteiger partial charge in [-0.1, -0.05) is 18.2 Å². The van der Waals surface area contributed by atoms with Gasteiger partial charge >= 0.3 is 0 Å². The van der Waals surface area contributed by atoms with Gasteiger partial charge in [0.05, 0.1) is 18.3 Å². The van der Waals surface area contributed by atoms with Gasteiger partial charge in [0, 0.05) is 26.6 Å². The van der Waals surface area contributed by atoms with Gasteiger partial charge in [0.15, 0.2) is 6.61 Å². The van der Waals surface area contributed by atoms with Crippen LogP contribution in [0.2, 0.25) is 0 Å². The number of para-hydroxylation sites is 1. The van der Waals surface area contributed by atoms with E-state index in [0.29, 0.717) is 13.2 Å². The van der Waals surface area contributed by atoms with Crippen molar-refractivity contribution in [3.05, 3.63) is 29.8 Å². The second-order valence-corrected chi connectivity index (χ2v) is 6.18. The lowest BCUT2D eigenvalue weighted by atomic mass is 9.98. The van der Waals surface area contributed by atoms with Crippen molar-refractivity contribution < 1.29 is 19.0 Å². The highest BCUT2D eigenvalue weighted by molar-refractivity contribution is 5.78. The molecule has 2 saturated heterocycles. The number of rotatable bonds is 4. The average molecular weight is 305 g/mol. The molecule has 2 aliphatic rings. The zero-order valence-corrected chi connectivity index (χ0v) is 13.2. The topological polar surface area (TPSA) is 48.0 Å². The van der Waals surface area contributed by atoms with E-state index in [1.54, 1.807) is 7.11 Å². The lowest BCUT2D eigenvalue weighted by Crippen LogP contribution is -2.38. The summed E-state index contributed by atoms with van der Waals surface area (Å²) in [6.45, 7) is 4.05. The SMILES string of the molecule is CO[C@H]1CO[C@@]2(CCN(C(=O)COc3ccccc3C)C2)C1. The van der Waals surface area contributed by atoms with E-state index in [9.17, 15) is 4.79 Å². The molecule has 120 valence electrons. The molecule has 3 rings (SSSR count). The van der Waals surface area contributed by atoms with Gasteiger partial charge in [0.2, 0.25) is 0 Å². The third-order valence-electron chi connectivity index (χ3n) is 4.62. The first-order chi connectivity index (χ1) is 10.6. The van der Waals surface area contributed by atoms with Gasteiger partial charge in [-0.15, -0.1) is 0 Å². The predicted octanol–water partition coefficient (Wildman–Crippen LogP) is 1.78. The van der Waals surface area contributed by atoms with E-state index in [1.807, 2.05) is 36.1 Å². The van der Waals surface area contributed by atoms with Crippen LogP contribution in [0.3, 0.4) is 0 Å². The smallest absolute Gasteiger partial charge is 0.260 e. The highest BCUT2D eigenvalue weighted by Gasteiger charge is 2.46. The van der Waals surface area contributed by atoms with Crippen LogP contribution in [0.25, 0.3) is 0 Å². The molecule has 0 bridgehead atoms. The molecule has 0 saturated carbocycles. The zero-order valence-electron chi connectivity index (χ0n) is 13.2. The molecule has 2 fully saturated rings. The number of carbonyl (C=O) groups excluding carboxylic acids is 1. The fourth-order valence-electron chi connectivity index (χ4n) is 3.24. The standard InChI is InChI=1S/C17H23NO4/c1-13-5-3-4-6-15(13)21-11-16(19)18-8-7-17(12-18)9-14(20-2)10-22-17/h3-6,14H,7-12H2,1-2H3/t14-,17+/m1/s1. The van der Waals surface area contributed by atoms with Gasteiger partial charge in [-0.05, 0) is 25.0 Å². The van der Waals surface area contributed by atoms with Gasteiger partial charge in [-0.2, -0.15) is 0 Å². The van der Waals surface area contributed by atoms with Crippen molar-refractivity contribution in [2.75, 3.05) is 33.4 Å². The first kappa shape index (κ1) is 15.3. The van der Waals surface area contributed by atoms with E-state index in [2.05, 4.69) is 0 Å². The van der Waals surface area contributed by atoms with Crippen LogP contribution in [0.4, 0.5) is 0 Å². The summed E-state index contributed by atoms with van der Waals surface area (Å²) in [7, 11) is 1.71. The monoisotopic (exact) mass is 305 g/mol. The number of hydrogen-bond acceptors (Lipinski definition) is 4. The lowest BCUT2D eigenvalue weighted by molar-refractivity contribution is -0.133. The molecule has 0 unspecified atom stereocenters. The second kappa shape index (κ2) is 6.26. The number of hydrogen-bond donors (Lipinski definition) is 0. The molecule has 2 aliphatic heterocycles. The molecule has 5 heteroatoms.